The van der Waals surface area contributed by atoms with Gasteiger partial charge in [0.1, 0.15) is 12.4 Å². The molecule has 0 saturated heterocycles. The van der Waals surface area contributed by atoms with Crippen LogP contribution in [0, 0.1) is 0 Å². The van der Waals surface area contributed by atoms with Crippen LogP contribution in [0.3, 0.4) is 0 Å². The number of para-hydroxylation sites is 2. The minimum atomic E-state index is 0.438. The van der Waals surface area contributed by atoms with Gasteiger partial charge in [-0.05, 0) is 25.0 Å². The van der Waals surface area contributed by atoms with Gasteiger partial charge in [-0.1, -0.05) is 17.3 Å². The summed E-state index contributed by atoms with van der Waals surface area (Å²) in [6.45, 7) is 0.567. The van der Waals surface area contributed by atoms with E-state index in [4.69, 9.17) is 5.73 Å². The van der Waals surface area contributed by atoms with Crippen molar-refractivity contribution in [3.63, 3.8) is 0 Å². The van der Waals surface area contributed by atoms with E-state index in [2.05, 4.69) is 30.2 Å². The predicted octanol–water partition coefficient (Wildman–Crippen LogP) is 1.29. The number of nitrogens with two attached hydrogens (primary N) is 1. The van der Waals surface area contributed by atoms with Crippen molar-refractivity contribution in [2.45, 2.75) is 19.4 Å². The molecule has 0 aliphatic heterocycles. The number of nitrogens with one attached hydrogen (secondary N) is 2. The Bertz CT molecular complexity index is 899. The molecule has 4 N–H and O–H groups in total. The van der Waals surface area contributed by atoms with Crippen LogP contribution in [0.2, 0.25) is 0 Å². The number of hydrogen-bond acceptors (Lipinski definition) is 5. The lowest BCUT2D eigenvalue weighted by Gasteiger charge is -1.95. The Hall–Kier alpha value is -3.16. The topological polar surface area (TPSA) is 114 Å². The van der Waals surface area contributed by atoms with Crippen LogP contribution in [-0.4, -0.2) is 34.9 Å². The lowest BCUT2D eigenvalue weighted by atomic mass is 10.2. The lowest BCUT2D eigenvalue weighted by Crippen LogP contribution is -2.02. The van der Waals surface area contributed by atoms with Crippen molar-refractivity contribution >= 4 is 17.0 Å². The predicted molar refractivity (Wildman–Crippen MR) is 85.6 cm³/mol. The van der Waals surface area contributed by atoms with Gasteiger partial charge in [0.2, 0.25) is 0 Å². The molecule has 0 unspecified atom stereocenters. The van der Waals surface area contributed by atoms with E-state index >= 15 is 0 Å². The molecule has 3 aromatic heterocycles. The van der Waals surface area contributed by atoms with E-state index < -0.39 is 0 Å². The van der Waals surface area contributed by atoms with Crippen LogP contribution in [-0.2, 0) is 19.4 Å². The highest BCUT2D eigenvalue weighted by Gasteiger charge is 2.07. The SMILES string of the molecule is Nc1nc(CCc2cn(Cc3nc4ccccc4[nH]3)nn2)c[nH]1. The number of imidazole rings is 2. The number of H-pyrrole nitrogens is 2. The van der Waals surface area contributed by atoms with Crippen LogP contribution >= 0.6 is 0 Å². The second kappa shape index (κ2) is 5.56. The Kier molecular flexibility index (Phi) is 3.26. The molecule has 8 heteroatoms. The van der Waals surface area contributed by atoms with Crippen LogP contribution in [0.1, 0.15) is 17.2 Å². The van der Waals surface area contributed by atoms with Gasteiger partial charge in [-0.2, -0.15) is 0 Å². The lowest BCUT2D eigenvalue weighted by molar-refractivity contribution is 0.630. The highest BCUT2D eigenvalue weighted by atomic mass is 15.4. The average molecular weight is 308 g/mol. The quantitative estimate of drug-likeness (QED) is 0.514. The van der Waals surface area contributed by atoms with Gasteiger partial charge in [-0.15, -0.1) is 5.10 Å². The number of benzene rings is 1. The zero-order valence-corrected chi connectivity index (χ0v) is 12.4. The van der Waals surface area contributed by atoms with Crippen LogP contribution in [0.5, 0.6) is 0 Å². The van der Waals surface area contributed by atoms with Crippen molar-refractivity contribution in [2.24, 2.45) is 0 Å². The van der Waals surface area contributed by atoms with Gasteiger partial charge in [0, 0.05) is 12.4 Å². The molecule has 4 rings (SSSR count). The Morgan fingerprint density at radius 1 is 1.09 bits per heavy atom. The summed E-state index contributed by atoms with van der Waals surface area (Å²) in [5.74, 6) is 1.30. The van der Waals surface area contributed by atoms with Gasteiger partial charge in [0.15, 0.2) is 5.95 Å². The Morgan fingerprint density at radius 2 is 1.96 bits per heavy atom. The first-order chi connectivity index (χ1) is 11.3. The molecule has 0 fully saturated rings. The summed E-state index contributed by atoms with van der Waals surface area (Å²) in [4.78, 5) is 14.9. The summed E-state index contributed by atoms with van der Waals surface area (Å²) in [5, 5.41) is 8.34. The molecule has 23 heavy (non-hydrogen) atoms. The zero-order valence-electron chi connectivity index (χ0n) is 12.4. The number of nitrogens with zero attached hydrogens (tertiary/aromatic N) is 5. The minimum absolute atomic E-state index is 0.438. The zero-order chi connectivity index (χ0) is 15.6. The molecule has 3 heterocycles. The molecule has 0 radical (unpaired) electrons. The molecular weight excluding hydrogens is 292 g/mol. The largest absolute Gasteiger partial charge is 0.369 e. The number of fused-ring (bicyclic) bond motifs is 1. The van der Waals surface area contributed by atoms with Crippen molar-refractivity contribution in [1.82, 2.24) is 34.9 Å². The van der Waals surface area contributed by atoms with Gasteiger partial charge in [0.25, 0.3) is 0 Å². The van der Waals surface area contributed by atoms with Crippen molar-refractivity contribution in [1.29, 1.82) is 0 Å². The number of anilines is 1. The van der Waals surface area contributed by atoms with E-state index in [0.29, 0.717) is 12.5 Å². The van der Waals surface area contributed by atoms with E-state index in [1.54, 1.807) is 4.68 Å². The first-order valence-electron chi connectivity index (χ1n) is 7.39. The molecular formula is C15H16N8. The fourth-order valence-electron chi connectivity index (χ4n) is 2.53. The maximum absolute atomic E-state index is 5.56. The van der Waals surface area contributed by atoms with Crippen LogP contribution in [0.4, 0.5) is 5.95 Å². The molecule has 0 spiro atoms. The molecule has 0 bridgehead atoms. The number of aromatic amines is 2. The Morgan fingerprint density at radius 3 is 2.78 bits per heavy atom. The Labute approximate surface area is 131 Å². The highest BCUT2D eigenvalue weighted by molar-refractivity contribution is 5.74. The van der Waals surface area contributed by atoms with Crippen LogP contribution in [0.15, 0.2) is 36.7 Å². The molecule has 0 saturated carbocycles. The maximum atomic E-state index is 5.56. The fourth-order valence-corrected chi connectivity index (χ4v) is 2.53. The molecule has 1 aromatic carbocycles. The van der Waals surface area contributed by atoms with E-state index in [1.165, 1.54) is 0 Å². The van der Waals surface area contributed by atoms with Crippen molar-refractivity contribution in [3.05, 3.63) is 53.9 Å². The van der Waals surface area contributed by atoms with Gasteiger partial charge >= 0.3 is 0 Å². The number of aryl methyl sites for hydroxylation is 2. The Balaban J connectivity index is 1.43. The molecule has 0 atom stereocenters. The van der Waals surface area contributed by atoms with Crippen LogP contribution < -0.4 is 5.73 Å². The monoisotopic (exact) mass is 308 g/mol. The number of rotatable bonds is 5. The normalized spacial score (nSPS) is 11.3. The second-order valence-electron chi connectivity index (χ2n) is 5.39. The van der Waals surface area contributed by atoms with Gasteiger partial charge in [-0.3, -0.25) is 0 Å². The van der Waals surface area contributed by atoms with Crippen molar-refractivity contribution in [3.8, 4) is 0 Å². The number of aromatic nitrogens is 7. The van der Waals surface area contributed by atoms with Crippen LogP contribution in [0.25, 0.3) is 11.0 Å². The number of nitrogen functional groups attached to an aromatic ring is 1. The number of hydrogen-bond donors (Lipinski definition) is 3. The third-order valence-electron chi connectivity index (χ3n) is 3.62. The molecule has 116 valence electrons. The van der Waals surface area contributed by atoms with E-state index in [0.717, 1.165) is 41.1 Å². The standard InChI is InChI=1S/C15H16N8/c16-15-17-7-10(18-15)5-6-11-8-23(22-21-11)9-14-19-12-3-1-2-4-13(12)20-14/h1-4,7-8H,5-6,9H2,(H,19,20)(H3,16,17,18). The maximum Gasteiger partial charge on any atom is 0.197 e. The molecule has 8 nitrogen and oxygen atoms in total. The third-order valence-corrected chi connectivity index (χ3v) is 3.62. The first kappa shape index (κ1) is 13.5. The molecule has 0 aliphatic rings. The molecule has 4 aromatic rings. The van der Waals surface area contributed by atoms with Crippen molar-refractivity contribution in [2.75, 3.05) is 5.73 Å². The summed E-state index contributed by atoms with van der Waals surface area (Å²) in [5.41, 5.74) is 9.39. The highest BCUT2D eigenvalue weighted by Crippen LogP contribution is 2.11. The van der Waals surface area contributed by atoms with Crippen molar-refractivity contribution < 1.29 is 0 Å². The van der Waals surface area contributed by atoms with Gasteiger partial charge in [0.05, 0.1) is 22.4 Å². The summed E-state index contributed by atoms with van der Waals surface area (Å²) in [6, 6.07) is 7.95. The molecule has 0 amide bonds. The average Bonchev–Trinajstić information content (AvgIpc) is 3.25. The summed E-state index contributed by atoms with van der Waals surface area (Å²) in [6.07, 6.45) is 5.29. The first-order valence-corrected chi connectivity index (χ1v) is 7.39. The van der Waals surface area contributed by atoms with Gasteiger partial charge in [-0.25, -0.2) is 14.6 Å². The van der Waals surface area contributed by atoms with E-state index in [-0.39, 0.29) is 0 Å². The summed E-state index contributed by atoms with van der Waals surface area (Å²) in [7, 11) is 0. The van der Waals surface area contributed by atoms with E-state index in [1.807, 2.05) is 36.7 Å². The molecule has 0 aliphatic carbocycles. The van der Waals surface area contributed by atoms with E-state index in [9.17, 15) is 0 Å². The van der Waals surface area contributed by atoms with Gasteiger partial charge < -0.3 is 15.7 Å². The minimum Gasteiger partial charge on any atom is -0.369 e. The summed E-state index contributed by atoms with van der Waals surface area (Å²) < 4.78 is 1.78. The third kappa shape index (κ3) is 2.91. The smallest absolute Gasteiger partial charge is 0.197 e. The second-order valence-corrected chi connectivity index (χ2v) is 5.39. The fraction of sp³-hybridized carbons (Fsp3) is 0.200. The summed E-state index contributed by atoms with van der Waals surface area (Å²) >= 11 is 0.